The molecule has 20 heavy (non-hydrogen) atoms. The van der Waals surface area contributed by atoms with Gasteiger partial charge in [-0.25, -0.2) is 9.78 Å². The minimum Gasteiger partial charge on any atom is -0.478 e. The average Bonchev–Trinajstić information content (AvgIpc) is 2.40. The molecule has 0 aliphatic heterocycles. The Bertz CT molecular complexity index is 686. The maximum Gasteiger partial charge on any atom is 0.337 e. The van der Waals surface area contributed by atoms with E-state index in [1.54, 1.807) is 13.0 Å². The summed E-state index contributed by atoms with van der Waals surface area (Å²) < 4.78 is 12.9. The van der Waals surface area contributed by atoms with Crippen LogP contribution in [0.4, 0.5) is 10.1 Å². The second kappa shape index (κ2) is 5.48. The molecule has 0 fully saturated rings. The Morgan fingerprint density at radius 2 is 2.00 bits per heavy atom. The Morgan fingerprint density at radius 1 is 1.25 bits per heavy atom. The second-order valence-electron chi connectivity index (χ2n) is 4.15. The summed E-state index contributed by atoms with van der Waals surface area (Å²) in [4.78, 5) is 26.4. The Hall–Kier alpha value is -2.76. The van der Waals surface area contributed by atoms with Crippen LogP contribution >= 0.6 is 0 Å². The molecule has 0 bridgehead atoms. The first-order valence-corrected chi connectivity index (χ1v) is 5.75. The third kappa shape index (κ3) is 2.97. The number of aromatic nitrogens is 1. The van der Waals surface area contributed by atoms with E-state index in [4.69, 9.17) is 5.11 Å². The molecule has 0 atom stereocenters. The number of amides is 1. The van der Waals surface area contributed by atoms with Gasteiger partial charge < -0.3 is 10.4 Å². The third-order valence-corrected chi connectivity index (χ3v) is 2.60. The summed E-state index contributed by atoms with van der Waals surface area (Å²) >= 11 is 0. The monoisotopic (exact) mass is 274 g/mol. The summed E-state index contributed by atoms with van der Waals surface area (Å²) in [5.41, 5.74) is 0.736. The maximum absolute atomic E-state index is 12.9. The highest BCUT2D eigenvalue weighted by Gasteiger charge is 2.14. The molecule has 5 nitrogen and oxygen atoms in total. The number of rotatable bonds is 3. The lowest BCUT2D eigenvalue weighted by Crippen LogP contribution is -2.16. The van der Waals surface area contributed by atoms with Gasteiger partial charge in [0.25, 0.3) is 5.91 Å². The first kappa shape index (κ1) is 13.7. The molecule has 2 rings (SSSR count). The number of hydrogen-bond acceptors (Lipinski definition) is 3. The summed E-state index contributed by atoms with van der Waals surface area (Å²) in [7, 11) is 0. The minimum atomic E-state index is -1.16. The fourth-order valence-electron chi connectivity index (χ4n) is 1.67. The molecule has 102 valence electrons. The van der Waals surface area contributed by atoms with Crippen molar-refractivity contribution in [3.8, 4) is 0 Å². The highest BCUT2D eigenvalue weighted by atomic mass is 19.1. The number of carboxylic acids is 1. The van der Waals surface area contributed by atoms with Gasteiger partial charge in [0.2, 0.25) is 5.95 Å². The molecule has 0 aliphatic rings. The van der Waals surface area contributed by atoms with Crippen LogP contribution in [-0.2, 0) is 0 Å². The number of carbonyl (C=O) groups excluding carboxylic acids is 1. The standard InChI is InChI=1S/C14H11FN2O3/c1-8-5-6-10(9(7-8)14(19)20)17-13(18)11-3-2-4-12(15)16-11/h2-7H,1H3,(H,17,18)(H,19,20). The molecule has 0 saturated carbocycles. The van der Waals surface area contributed by atoms with E-state index >= 15 is 0 Å². The van der Waals surface area contributed by atoms with Crippen molar-refractivity contribution < 1.29 is 19.1 Å². The van der Waals surface area contributed by atoms with Crippen LogP contribution in [0.5, 0.6) is 0 Å². The molecule has 2 aromatic rings. The second-order valence-corrected chi connectivity index (χ2v) is 4.15. The molecule has 6 heteroatoms. The lowest BCUT2D eigenvalue weighted by molar-refractivity contribution is 0.0698. The summed E-state index contributed by atoms with van der Waals surface area (Å²) in [5, 5.41) is 11.5. The first-order chi connectivity index (χ1) is 9.47. The van der Waals surface area contributed by atoms with Crippen LogP contribution in [0, 0.1) is 12.9 Å². The summed E-state index contributed by atoms with van der Waals surface area (Å²) in [6, 6.07) is 8.40. The Morgan fingerprint density at radius 3 is 2.65 bits per heavy atom. The van der Waals surface area contributed by atoms with Gasteiger partial charge in [-0.15, -0.1) is 0 Å². The number of halogens is 1. The van der Waals surface area contributed by atoms with Crippen LogP contribution in [0.3, 0.4) is 0 Å². The number of carboxylic acid groups (broad SMARTS) is 1. The minimum absolute atomic E-state index is 0.0326. The van der Waals surface area contributed by atoms with Gasteiger partial charge in [0.1, 0.15) is 5.69 Å². The topological polar surface area (TPSA) is 79.3 Å². The molecular formula is C14H11FN2O3. The molecule has 0 radical (unpaired) electrons. The van der Waals surface area contributed by atoms with E-state index in [1.807, 2.05) is 0 Å². The molecular weight excluding hydrogens is 263 g/mol. The molecule has 1 heterocycles. The van der Waals surface area contributed by atoms with E-state index < -0.39 is 17.8 Å². The lowest BCUT2D eigenvalue weighted by atomic mass is 10.1. The summed E-state index contributed by atoms with van der Waals surface area (Å²) in [6.07, 6.45) is 0. The predicted molar refractivity (Wildman–Crippen MR) is 70.3 cm³/mol. The Kier molecular flexibility index (Phi) is 3.74. The van der Waals surface area contributed by atoms with Crippen LogP contribution < -0.4 is 5.32 Å². The van der Waals surface area contributed by atoms with E-state index in [1.165, 1.54) is 24.3 Å². The number of nitrogens with one attached hydrogen (secondary N) is 1. The predicted octanol–water partition coefficient (Wildman–Crippen LogP) is 2.48. The number of carbonyl (C=O) groups is 2. The first-order valence-electron chi connectivity index (χ1n) is 5.75. The van der Waals surface area contributed by atoms with Crippen molar-refractivity contribution in [3.05, 3.63) is 59.2 Å². The average molecular weight is 274 g/mol. The number of hydrogen-bond donors (Lipinski definition) is 2. The van der Waals surface area contributed by atoms with E-state index in [0.29, 0.717) is 0 Å². The number of aryl methyl sites for hydroxylation is 1. The molecule has 0 spiro atoms. The fraction of sp³-hybridized carbons (Fsp3) is 0.0714. The number of pyridine rings is 1. The van der Waals surface area contributed by atoms with Gasteiger partial charge >= 0.3 is 5.97 Å². The highest BCUT2D eigenvalue weighted by Crippen LogP contribution is 2.18. The van der Waals surface area contributed by atoms with Gasteiger partial charge in [-0.2, -0.15) is 4.39 Å². The van der Waals surface area contributed by atoms with Gasteiger partial charge in [-0.3, -0.25) is 4.79 Å². The molecule has 1 amide bonds. The van der Waals surface area contributed by atoms with Gasteiger partial charge in [-0.1, -0.05) is 17.7 Å². The molecule has 2 N–H and O–H groups in total. The van der Waals surface area contributed by atoms with E-state index in [2.05, 4.69) is 10.3 Å². The van der Waals surface area contributed by atoms with Crippen LogP contribution in [0.2, 0.25) is 0 Å². The Balaban J connectivity index is 2.30. The van der Waals surface area contributed by atoms with E-state index in [-0.39, 0.29) is 16.9 Å². The van der Waals surface area contributed by atoms with Crippen molar-refractivity contribution in [2.75, 3.05) is 5.32 Å². The third-order valence-electron chi connectivity index (χ3n) is 2.60. The van der Waals surface area contributed by atoms with Gasteiger partial charge in [0.15, 0.2) is 0 Å². The largest absolute Gasteiger partial charge is 0.478 e. The zero-order chi connectivity index (χ0) is 14.7. The van der Waals surface area contributed by atoms with E-state index in [0.717, 1.165) is 11.6 Å². The molecule has 0 unspecified atom stereocenters. The van der Waals surface area contributed by atoms with Crippen molar-refractivity contribution in [3.63, 3.8) is 0 Å². The van der Waals surface area contributed by atoms with Gasteiger partial charge in [0.05, 0.1) is 11.3 Å². The van der Waals surface area contributed by atoms with E-state index in [9.17, 15) is 14.0 Å². The number of nitrogens with zero attached hydrogens (tertiary/aromatic N) is 1. The smallest absolute Gasteiger partial charge is 0.337 e. The van der Waals surface area contributed by atoms with Crippen molar-refractivity contribution in [1.29, 1.82) is 0 Å². The van der Waals surface area contributed by atoms with Crippen molar-refractivity contribution in [2.24, 2.45) is 0 Å². The van der Waals surface area contributed by atoms with Crippen LogP contribution in [0.15, 0.2) is 36.4 Å². The van der Waals surface area contributed by atoms with Crippen LogP contribution in [0.25, 0.3) is 0 Å². The van der Waals surface area contributed by atoms with Crippen LogP contribution in [0.1, 0.15) is 26.4 Å². The molecule has 0 saturated heterocycles. The SMILES string of the molecule is Cc1ccc(NC(=O)c2cccc(F)n2)c(C(=O)O)c1. The van der Waals surface area contributed by atoms with Crippen LogP contribution in [-0.4, -0.2) is 22.0 Å². The molecule has 1 aromatic heterocycles. The normalized spacial score (nSPS) is 10.1. The fourth-order valence-corrected chi connectivity index (χ4v) is 1.67. The number of anilines is 1. The van der Waals surface area contributed by atoms with Crippen molar-refractivity contribution in [2.45, 2.75) is 6.92 Å². The van der Waals surface area contributed by atoms with Gasteiger partial charge in [-0.05, 0) is 31.2 Å². The Labute approximate surface area is 114 Å². The zero-order valence-electron chi connectivity index (χ0n) is 10.6. The number of benzene rings is 1. The summed E-state index contributed by atoms with van der Waals surface area (Å²) in [5.74, 6) is -2.60. The quantitative estimate of drug-likeness (QED) is 0.843. The molecule has 1 aromatic carbocycles. The van der Waals surface area contributed by atoms with Crippen molar-refractivity contribution in [1.82, 2.24) is 4.98 Å². The van der Waals surface area contributed by atoms with Crippen molar-refractivity contribution >= 4 is 17.6 Å². The number of aromatic carboxylic acids is 1. The van der Waals surface area contributed by atoms with Gasteiger partial charge in [0, 0.05) is 0 Å². The maximum atomic E-state index is 12.9. The summed E-state index contributed by atoms with van der Waals surface area (Å²) in [6.45, 7) is 1.74. The lowest BCUT2D eigenvalue weighted by Gasteiger charge is -2.09. The zero-order valence-corrected chi connectivity index (χ0v) is 10.6. The molecule has 0 aliphatic carbocycles. The highest BCUT2D eigenvalue weighted by molar-refractivity contribution is 6.06.